The average molecular weight is 260 g/mol. The first-order valence-electron chi connectivity index (χ1n) is 5.67. The zero-order valence-corrected chi connectivity index (χ0v) is 10.7. The Balaban J connectivity index is 1.88. The molecule has 2 heterocycles. The number of amides is 1. The van der Waals surface area contributed by atoms with Gasteiger partial charge in [-0.3, -0.25) is 9.69 Å². The molecular weight excluding hydrogens is 248 g/mol. The summed E-state index contributed by atoms with van der Waals surface area (Å²) in [5, 5.41) is 0.833. The van der Waals surface area contributed by atoms with E-state index in [1.807, 2.05) is 30.3 Å². The molecule has 1 saturated heterocycles. The zero-order valence-electron chi connectivity index (χ0n) is 9.92. The maximum absolute atomic E-state index is 12.0. The lowest BCUT2D eigenvalue weighted by atomic mass is 10.2. The molecule has 1 fully saturated rings. The third kappa shape index (κ3) is 1.90. The first kappa shape index (κ1) is 11.3. The second-order valence-corrected chi connectivity index (χ2v) is 5.06. The van der Waals surface area contributed by atoms with Crippen LogP contribution in [0.5, 0.6) is 5.75 Å². The number of aliphatic imine (C=N–C) groups is 1. The number of hydrogen-bond acceptors (Lipinski definition) is 4. The molecule has 18 heavy (non-hydrogen) atoms. The van der Waals surface area contributed by atoms with Gasteiger partial charge in [-0.15, -0.1) is 0 Å². The fourth-order valence-corrected chi connectivity index (χ4v) is 2.87. The summed E-state index contributed by atoms with van der Waals surface area (Å²) in [6.07, 6.45) is 1.81. The molecule has 0 unspecified atom stereocenters. The number of fused-ring (bicyclic) bond motifs is 1. The molecule has 5 heteroatoms. The zero-order chi connectivity index (χ0) is 12.5. The van der Waals surface area contributed by atoms with E-state index in [0.29, 0.717) is 5.70 Å². The highest BCUT2D eigenvalue weighted by Crippen LogP contribution is 2.28. The Kier molecular flexibility index (Phi) is 2.83. The minimum Gasteiger partial charge on any atom is -0.497 e. The van der Waals surface area contributed by atoms with E-state index < -0.39 is 0 Å². The van der Waals surface area contributed by atoms with Crippen molar-refractivity contribution in [2.75, 3.05) is 19.4 Å². The number of carbonyl (C=O) groups excluding carboxylic acids is 1. The van der Waals surface area contributed by atoms with Crippen LogP contribution < -0.4 is 4.74 Å². The number of methoxy groups -OCH3 is 1. The first-order chi connectivity index (χ1) is 8.78. The number of hydrogen-bond donors (Lipinski definition) is 0. The molecular formula is C13H12N2O2S. The molecule has 4 nitrogen and oxygen atoms in total. The van der Waals surface area contributed by atoms with Crippen LogP contribution in [-0.4, -0.2) is 35.4 Å². The molecule has 0 N–H and O–H groups in total. The van der Waals surface area contributed by atoms with Crippen molar-refractivity contribution in [3.05, 3.63) is 35.5 Å². The molecule has 92 valence electrons. The lowest BCUT2D eigenvalue weighted by molar-refractivity contribution is -0.122. The predicted molar refractivity (Wildman–Crippen MR) is 72.6 cm³/mol. The van der Waals surface area contributed by atoms with Crippen molar-refractivity contribution < 1.29 is 9.53 Å². The average Bonchev–Trinajstić information content (AvgIpc) is 2.95. The topological polar surface area (TPSA) is 41.9 Å². The maximum Gasteiger partial charge on any atom is 0.278 e. The summed E-state index contributed by atoms with van der Waals surface area (Å²) < 4.78 is 5.09. The monoisotopic (exact) mass is 260 g/mol. The quantitative estimate of drug-likeness (QED) is 0.764. The van der Waals surface area contributed by atoms with E-state index in [9.17, 15) is 4.79 Å². The maximum atomic E-state index is 12.0. The number of nitrogens with zero attached hydrogens (tertiary/aromatic N) is 2. The van der Waals surface area contributed by atoms with E-state index in [2.05, 4.69) is 4.99 Å². The number of ether oxygens (including phenoxy) is 1. The highest BCUT2D eigenvalue weighted by atomic mass is 32.2. The van der Waals surface area contributed by atoms with Crippen molar-refractivity contribution in [3.63, 3.8) is 0 Å². The number of amidine groups is 1. The van der Waals surface area contributed by atoms with Crippen molar-refractivity contribution in [2.45, 2.75) is 0 Å². The van der Waals surface area contributed by atoms with Crippen molar-refractivity contribution in [3.8, 4) is 5.75 Å². The van der Waals surface area contributed by atoms with Crippen molar-refractivity contribution >= 4 is 28.9 Å². The third-order valence-electron chi connectivity index (χ3n) is 2.88. The number of benzene rings is 1. The van der Waals surface area contributed by atoms with Crippen LogP contribution in [0.4, 0.5) is 0 Å². The molecule has 2 aliphatic rings. The Labute approximate surface area is 109 Å². The van der Waals surface area contributed by atoms with E-state index in [-0.39, 0.29) is 5.91 Å². The van der Waals surface area contributed by atoms with Gasteiger partial charge >= 0.3 is 0 Å². The summed E-state index contributed by atoms with van der Waals surface area (Å²) >= 11 is 1.63. The van der Waals surface area contributed by atoms with Gasteiger partial charge in [-0.2, -0.15) is 0 Å². The molecule has 1 aromatic rings. The van der Waals surface area contributed by atoms with E-state index in [0.717, 1.165) is 28.8 Å². The van der Waals surface area contributed by atoms with Gasteiger partial charge in [0.15, 0.2) is 5.17 Å². The molecule has 1 aromatic carbocycles. The van der Waals surface area contributed by atoms with Crippen LogP contribution in [0.15, 0.2) is 35.0 Å². The summed E-state index contributed by atoms with van der Waals surface area (Å²) in [4.78, 5) is 18.1. The second-order valence-electron chi connectivity index (χ2n) is 4.00. The molecule has 0 bridgehead atoms. The van der Waals surface area contributed by atoms with Crippen molar-refractivity contribution in [1.82, 2.24) is 4.90 Å². The fourth-order valence-electron chi connectivity index (χ4n) is 1.92. The van der Waals surface area contributed by atoms with Gasteiger partial charge in [0.2, 0.25) is 0 Å². The molecule has 0 radical (unpaired) electrons. The molecule has 0 aliphatic carbocycles. The van der Waals surface area contributed by atoms with E-state index >= 15 is 0 Å². The smallest absolute Gasteiger partial charge is 0.278 e. The van der Waals surface area contributed by atoms with Crippen LogP contribution in [-0.2, 0) is 4.79 Å². The molecule has 0 saturated carbocycles. The summed E-state index contributed by atoms with van der Waals surface area (Å²) in [5.74, 6) is 1.75. The molecule has 0 atom stereocenters. The Hall–Kier alpha value is -1.75. The number of carbonyl (C=O) groups is 1. The van der Waals surface area contributed by atoms with Gasteiger partial charge in [0.1, 0.15) is 11.4 Å². The van der Waals surface area contributed by atoms with E-state index in [1.54, 1.807) is 23.8 Å². The van der Waals surface area contributed by atoms with Crippen LogP contribution in [0, 0.1) is 0 Å². The van der Waals surface area contributed by atoms with Gasteiger partial charge in [-0.1, -0.05) is 23.9 Å². The van der Waals surface area contributed by atoms with E-state index in [1.165, 1.54) is 0 Å². The summed E-state index contributed by atoms with van der Waals surface area (Å²) in [7, 11) is 1.63. The highest BCUT2D eigenvalue weighted by Gasteiger charge is 2.33. The summed E-state index contributed by atoms with van der Waals surface area (Å²) in [6, 6.07) is 7.56. The first-order valence-corrected chi connectivity index (χ1v) is 6.65. The Bertz CT molecular complexity index is 549. The van der Waals surface area contributed by atoms with Crippen molar-refractivity contribution in [1.29, 1.82) is 0 Å². The van der Waals surface area contributed by atoms with Crippen LogP contribution in [0.3, 0.4) is 0 Å². The van der Waals surface area contributed by atoms with Crippen molar-refractivity contribution in [2.24, 2.45) is 4.99 Å². The number of rotatable bonds is 2. The van der Waals surface area contributed by atoms with Crippen LogP contribution in [0.25, 0.3) is 6.08 Å². The standard InChI is InChI=1S/C13H12N2O2S/c1-17-10-4-2-9(3-5-10)8-11-12(16)15-6-7-18-13(15)14-11/h2-5,8H,6-7H2,1H3/b11-8+. The SMILES string of the molecule is COc1ccc(/C=C2/N=C3SCCN3C2=O)cc1. The van der Waals surface area contributed by atoms with Crippen LogP contribution in [0.2, 0.25) is 0 Å². The normalized spacial score (nSPS) is 20.3. The van der Waals surface area contributed by atoms with Gasteiger partial charge in [0.25, 0.3) is 5.91 Å². The molecule has 3 rings (SSSR count). The van der Waals surface area contributed by atoms with Crippen LogP contribution >= 0.6 is 11.8 Å². The molecule has 1 amide bonds. The van der Waals surface area contributed by atoms with Gasteiger partial charge in [0, 0.05) is 12.3 Å². The molecule has 2 aliphatic heterocycles. The van der Waals surface area contributed by atoms with E-state index in [4.69, 9.17) is 4.74 Å². The number of thioether (sulfide) groups is 1. The summed E-state index contributed by atoms with van der Waals surface area (Å²) in [6.45, 7) is 0.766. The lowest BCUT2D eigenvalue weighted by Gasteiger charge is -2.06. The van der Waals surface area contributed by atoms with Gasteiger partial charge < -0.3 is 4.74 Å². The fraction of sp³-hybridized carbons (Fsp3) is 0.231. The molecule has 0 aromatic heterocycles. The van der Waals surface area contributed by atoms with Gasteiger partial charge in [-0.05, 0) is 23.8 Å². The predicted octanol–water partition coefficient (Wildman–Crippen LogP) is 1.98. The highest BCUT2D eigenvalue weighted by molar-refractivity contribution is 8.14. The van der Waals surface area contributed by atoms with Gasteiger partial charge in [-0.25, -0.2) is 4.99 Å². The minimum absolute atomic E-state index is 0.00539. The second kappa shape index (κ2) is 4.49. The Morgan fingerprint density at radius 3 is 2.83 bits per heavy atom. The largest absolute Gasteiger partial charge is 0.497 e. The van der Waals surface area contributed by atoms with Gasteiger partial charge in [0.05, 0.1) is 7.11 Å². The Morgan fingerprint density at radius 1 is 1.39 bits per heavy atom. The Morgan fingerprint density at radius 2 is 2.17 bits per heavy atom. The summed E-state index contributed by atoms with van der Waals surface area (Å²) in [5.41, 5.74) is 1.47. The lowest BCUT2D eigenvalue weighted by Crippen LogP contribution is -2.26. The minimum atomic E-state index is 0.00539. The van der Waals surface area contributed by atoms with Crippen LogP contribution in [0.1, 0.15) is 5.56 Å². The third-order valence-corrected chi connectivity index (χ3v) is 3.83. The molecule has 0 spiro atoms.